The lowest BCUT2D eigenvalue weighted by Gasteiger charge is -2.30. The van der Waals surface area contributed by atoms with Crippen LogP contribution in [0.4, 0.5) is 0 Å². The van der Waals surface area contributed by atoms with Crippen LogP contribution in [0.2, 0.25) is 12.6 Å². The van der Waals surface area contributed by atoms with E-state index in [-0.39, 0.29) is 0 Å². The maximum absolute atomic E-state index is 2.52. The zero-order valence-electron chi connectivity index (χ0n) is 11.4. The summed E-state index contributed by atoms with van der Waals surface area (Å²) in [5.74, 6) is 0. The molecule has 1 aromatic carbocycles. The quantitative estimate of drug-likeness (QED) is 0.697. The standard InChI is InChI=1S/C16H22Si/c1-5-17(4,15-9-7-6-8-10-15)16-12-13(2)11-14(16)3/h6-11H,5,12H2,1-4H3. The molecule has 0 fully saturated rings. The van der Waals surface area contributed by atoms with Crippen LogP contribution in [0.15, 0.2) is 52.8 Å². The minimum absolute atomic E-state index is 1.21. The highest BCUT2D eigenvalue weighted by molar-refractivity contribution is 6.96. The molecular formula is C16H22Si. The van der Waals surface area contributed by atoms with Crippen molar-refractivity contribution in [3.05, 3.63) is 52.8 Å². The van der Waals surface area contributed by atoms with Crippen LogP contribution in [-0.2, 0) is 0 Å². The summed E-state index contributed by atoms with van der Waals surface area (Å²) in [6.45, 7) is 9.42. The first-order valence-corrected chi connectivity index (χ1v) is 9.21. The summed E-state index contributed by atoms with van der Waals surface area (Å²) in [5, 5.41) is 3.32. The predicted molar refractivity (Wildman–Crippen MR) is 79.2 cm³/mol. The van der Waals surface area contributed by atoms with E-state index in [1.54, 1.807) is 10.4 Å². The Bertz CT molecular complexity index is 468. The van der Waals surface area contributed by atoms with Crippen LogP contribution in [0.5, 0.6) is 0 Å². The van der Waals surface area contributed by atoms with E-state index < -0.39 is 8.07 Å². The van der Waals surface area contributed by atoms with Crippen LogP contribution in [0.25, 0.3) is 0 Å². The molecule has 1 atom stereocenters. The summed E-state index contributed by atoms with van der Waals surface area (Å²) in [6, 6.07) is 12.4. The lowest BCUT2D eigenvalue weighted by molar-refractivity contribution is 1.19. The van der Waals surface area contributed by atoms with Crippen molar-refractivity contribution in [2.75, 3.05) is 0 Å². The first kappa shape index (κ1) is 12.4. The van der Waals surface area contributed by atoms with Crippen LogP contribution in [0, 0.1) is 0 Å². The second kappa shape index (κ2) is 4.65. The van der Waals surface area contributed by atoms with Gasteiger partial charge in [-0.15, -0.1) is 0 Å². The Hall–Kier alpha value is -1.08. The molecule has 0 amide bonds. The molecule has 0 saturated carbocycles. The smallest absolute Gasteiger partial charge is 0.0694 e. The average molecular weight is 242 g/mol. The maximum atomic E-state index is 2.52. The molecule has 0 radical (unpaired) electrons. The second-order valence-electron chi connectivity index (χ2n) is 5.38. The number of allylic oxidation sites excluding steroid dienone is 4. The molecule has 17 heavy (non-hydrogen) atoms. The normalized spacial score (nSPS) is 19.2. The summed E-state index contributed by atoms with van der Waals surface area (Å²) < 4.78 is 0. The van der Waals surface area contributed by atoms with Gasteiger partial charge >= 0.3 is 0 Å². The maximum Gasteiger partial charge on any atom is 0.111 e. The monoisotopic (exact) mass is 242 g/mol. The van der Waals surface area contributed by atoms with Crippen molar-refractivity contribution in [1.82, 2.24) is 0 Å². The lowest BCUT2D eigenvalue weighted by atomic mass is 10.3. The number of hydrogen-bond donors (Lipinski definition) is 0. The van der Waals surface area contributed by atoms with E-state index >= 15 is 0 Å². The van der Waals surface area contributed by atoms with Crippen LogP contribution in [0.3, 0.4) is 0 Å². The van der Waals surface area contributed by atoms with Gasteiger partial charge < -0.3 is 0 Å². The molecule has 0 saturated heterocycles. The molecule has 1 unspecified atom stereocenters. The van der Waals surface area contributed by atoms with Gasteiger partial charge in [-0.05, 0) is 20.3 Å². The van der Waals surface area contributed by atoms with Crippen LogP contribution in [0.1, 0.15) is 27.2 Å². The summed E-state index contributed by atoms with van der Waals surface area (Å²) in [6.07, 6.45) is 3.58. The molecule has 0 nitrogen and oxygen atoms in total. The van der Waals surface area contributed by atoms with E-state index in [0.717, 1.165) is 0 Å². The van der Waals surface area contributed by atoms with Gasteiger partial charge in [0.2, 0.25) is 0 Å². The van der Waals surface area contributed by atoms with E-state index in [1.807, 2.05) is 0 Å². The van der Waals surface area contributed by atoms with Gasteiger partial charge in [-0.1, -0.05) is 77.5 Å². The van der Waals surface area contributed by atoms with Gasteiger partial charge in [-0.3, -0.25) is 0 Å². The van der Waals surface area contributed by atoms with Crippen molar-refractivity contribution in [3.63, 3.8) is 0 Å². The molecule has 1 aliphatic rings. The molecule has 1 aromatic rings. The highest BCUT2D eigenvalue weighted by Crippen LogP contribution is 2.33. The van der Waals surface area contributed by atoms with Crippen molar-refractivity contribution in [2.45, 2.75) is 39.8 Å². The molecule has 90 valence electrons. The first-order valence-electron chi connectivity index (χ1n) is 6.51. The van der Waals surface area contributed by atoms with Gasteiger partial charge in [0.15, 0.2) is 0 Å². The van der Waals surface area contributed by atoms with Crippen LogP contribution < -0.4 is 5.19 Å². The molecule has 0 aromatic heterocycles. The van der Waals surface area contributed by atoms with E-state index in [2.05, 4.69) is 63.7 Å². The molecule has 1 heteroatoms. The summed E-state index contributed by atoms with van der Waals surface area (Å²) in [5.41, 5.74) is 3.06. The average Bonchev–Trinajstić information content (AvgIpc) is 2.69. The largest absolute Gasteiger partial charge is 0.111 e. The van der Waals surface area contributed by atoms with E-state index in [9.17, 15) is 0 Å². The number of benzene rings is 1. The number of hydrogen-bond acceptors (Lipinski definition) is 0. The fourth-order valence-electron chi connectivity index (χ4n) is 2.95. The Morgan fingerprint density at radius 3 is 2.24 bits per heavy atom. The Balaban J connectivity index is 2.44. The third-order valence-electron chi connectivity index (χ3n) is 4.18. The molecule has 1 aliphatic carbocycles. The van der Waals surface area contributed by atoms with E-state index in [4.69, 9.17) is 0 Å². The van der Waals surface area contributed by atoms with E-state index in [0.29, 0.717) is 0 Å². The zero-order valence-corrected chi connectivity index (χ0v) is 12.4. The Morgan fingerprint density at radius 1 is 1.12 bits per heavy atom. The Kier molecular flexibility index (Phi) is 3.39. The summed E-state index contributed by atoms with van der Waals surface area (Å²) >= 11 is 0. The van der Waals surface area contributed by atoms with Crippen molar-refractivity contribution >= 4 is 13.3 Å². The number of rotatable bonds is 3. The highest BCUT2D eigenvalue weighted by atomic mass is 28.3. The first-order chi connectivity index (χ1) is 8.08. The molecule has 0 spiro atoms. The lowest BCUT2D eigenvalue weighted by Crippen LogP contribution is -2.46. The van der Waals surface area contributed by atoms with Gasteiger partial charge in [-0.25, -0.2) is 0 Å². The second-order valence-corrected chi connectivity index (χ2v) is 9.93. The SMILES string of the molecule is CC[Si](C)(C1=C(C)C=C(C)C1)c1ccccc1. The zero-order chi connectivity index (χ0) is 12.5. The van der Waals surface area contributed by atoms with E-state index in [1.165, 1.54) is 23.6 Å². The summed E-state index contributed by atoms with van der Waals surface area (Å²) in [4.78, 5) is 0. The predicted octanol–water partition coefficient (Wildman–Crippen LogP) is 4.20. The van der Waals surface area contributed by atoms with Crippen molar-refractivity contribution in [2.24, 2.45) is 0 Å². The van der Waals surface area contributed by atoms with Gasteiger partial charge in [-0.2, -0.15) is 0 Å². The van der Waals surface area contributed by atoms with Crippen LogP contribution in [-0.4, -0.2) is 8.07 Å². The Morgan fingerprint density at radius 2 is 1.76 bits per heavy atom. The third kappa shape index (κ3) is 2.16. The Labute approximate surface area is 106 Å². The van der Waals surface area contributed by atoms with Gasteiger partial charge in [0, 0.05) is 0 Å². The molecule has 0 bridgehead atoms. The molecule has 0 heterocycles. The summed E-state index contributed by atoms with van der Waals surface area (Å²) in [7, 11) is -1.44. The fourth-order valence-corrected chi connectivity index (χ4v) is 6.68. The van der Waals surface area contributed by atoms with Crippen molar-refractivity contribution in [3.8, 4) is 0 Å². The minimum Gasteiger partial charge on any atom is -0.0694 e. The minimum atomic E-state index is -1.44. The third-order valence-corrected chi connectivity index (χ3v) is 9.10. The molecule has 0 N–H and O–H groups in total. The van der Waals surface area contributed by atoms with Crippen molar-refractivity contribution < 1.29 is 0 Å². The van der Waals surface area contributed by atoms with Gasteiger partial charge in [0.1, 0.15) is 8.07 Å². The van der Waals surface area contributed by atoms with Crippen molar-refractivity contribution in [1.29, 1.82) is 0 Å². The van der Waals surface area contributed by atoms with Gasteiger partial charge in [0.25, 0.3) is 0 Å². The molecular weight excluding hydrogens is 220 g/mol. The van der Waals surface area contributed by atoms with Gasteiger partial charge in [0.05, 0.1) is 0 Å². The molecule has 0 aliphatic heterocycles. The highest BCUT2D eigenvalue weighted by Gasteiger charge is 2.34. The molecule has 2 rings (SSSR count). The van der Waals surface area contributed by atoms with Crippen LogP contribution >= 0.6 is 0 Å². The fraction of sp³-hybridized carbons (Fsp3) is 0.375. The topological polar surface area (TPSA) is 0 Å².